The number of hydrogen-bond acceptors (Lipinski definition) is 1. The second-order valence-corrected chi connectivity index (χ2v) is 18.9. The molecule has 0 fully saturated rings. The van der Waals surface area contributed by atoms with E-state index in [4.69, 9.17) is 0 Å². The van der Waals surface area contributed by atoms with E-state index >= 15 is 0 Å². The molecule has 0 N–H and O–H groups in total. The van der Waals surface area contributed by atoms with Crippen LogP contribution in [0.2, 0.25) is 0 Å². The fourth-order valence-corrected chi connectivity index (χ4v) is 12.5. The standard InChI is InChI=1S/C67H44S/c1-5-17-46(18-6-1)49-33-35-51(36-34-49)48-31-29-45(30-32-48)43-58(52-39-37-50(38-40-52)47-19-7-2-8-20-47)55-41-42-62-59(44-55)56-25-13-15-27-60(56)67(62)61-28-16-14-26-57(61)66-64(67)63(53-21-9-3-10-22-53)65(68-66)54-23-11-4-12-24-54/h1-44H/b58-43-. The quantitative estimate of drug-likeness (QED) is 0.133. The molecule has 1 unspecified atom stereocenters. The molecule has 0 saturated heterocycles. The van der Waals surface area contributed by atoms with Gasteiger partial charge in [0.15, 0.2) is 0 Å². The minimum atomic E-state index is -0.499. The molecule has 0 nitrogen and oxygen atoms in total. The van der Waals surface area contributed by atoms with Gasteiger partial charge < -0.3 is 0 Å². The first-order chi connectivity index (χ1) is 33.7. The van der Waals surface area contributed by atoms with Crippen molar-refractivity contribution < 1.29 is 0 Å². The van der Waals surface area contributed by atoms with Gasteiger partial charge in [-0.1, -0.05) is 255 Å². The maximum absolute atomic E-state index is 2.48. The Morgan fingerprint density at radius 3 is 1.29 bits per heavy atom. The average molecular weight is 881 g/mol. The molecule has 318 valence electrons. The van der Waals surface area contributed by atoms with Gasteiger partial charge in [0.2, 0.25) is 0 Å². The second kappa shape index (κ2) is 16.5. The van der Waals surface area contributed by atoms with E-state index in [-0.39, 0.29) is 0 Å². The van der Waals surface area contributed by atoms with Crippen molar-refractivity contribution in [1.82, 2.24) is 0 Å². The predicted octanol–water partition coefficient (Wildman–Crippen LogP) is 18.0. The summed E-state index contributed by atoms with van der Waals surface area (Å²) < 4.78 is 0. The molecule has 1 aromatic heterocycles. The van der Waals surface area contributed by atoms with E-state index in [0.29, 0.717) is 0 Å². The Morgan fingerprint density at radius 2 is 0.721 bits per heavy atom. The molecule has 0 radical (unpaired) electrons. The molecule has 68 heavy (non-hydrogen) atoms. The smallest absolute Gasteiger partial charge is 0.0740 e. The first kappa shape index (κ1) is 40.0. The molecule has 11 aromatic rings. The molecule has 0 aliphatic heterocycles. The van der Waals surface area contributed by atoms with Crippen LogP contribution in [0.25, 0.3) is 88.2 Å². The SMILES string of the molecule is C(=C(\c1ccc(-c2ccccc2)cc1)c1ccc2c(c1)-c1ccccc1C21c2ccccc2-c2sc(-c3ccccc3)c(-c3ccccc3)c21)/c1ccc(-c2ccc(-c3ccccc3)cc2)cc1. The van der Waals surface area contributed by atoms with E-state index in [9.17, 15) is 0 Å². The van der Waals surface area contributed by atoms with Crippen LogP contribution in [-0.4, -0.2) is 0 Å². The molecule has 0 bridgehead atoms. The van der Waals surface area contributed by atoms with Crippen LogP contribution >= 0.6 is 11.3 Å². The molecule has 2 aliphatic rings. The number of thiophene rings is 1. The van der Waals surface area contributed by atoms with E-state index in [1.165, 1.54) is 115 Å². The van der Waals surface area contributed by atoms with E-state index in [1.54, 1.807) is 0 Å². The third kappa shape index (κ3) is 6.50. The Morgan fingerprint density at radius 1 is 0.309 bits per heavy atom. The number of rotatable bonds is 8. The highest BCUT2D eigenvalue weighted by atomic mass is 32.1. The number of fused-ring (bicyclic) bond motifs is 10. The average Bonchev–Trinajstić information content (AvgIpc) is 4.05. The third-order valence-electron chi connectivity index (χ3n) is 14.2. The van der Waals surface area contributed by atoms with Crippen LogP contribution in [0.4, 0.5) is 0 Å². The zero-order valence-corrected chi connectivity index (χ0v) is 38.1. The largest absolute Gasteiger partial charge is 0.134 e. The van der Waals surface area contributed by atoms with E-state index in [0.717, 1.165) is 5.56 Å². The topological polar surface area (TPSA) is 0 Å². The monoisotopic (exact) mass is 880 g/mol. The molecule has 2 aliphatic carbocycles. The van der Waals surface area contributed by atoms with Gasteiger partial charge in [0, 0.05) is 15.3 Å². The summed E-state index contributed by atoms with van der Waals surface area (Å²) in [6, 6.07) is 96.1. The van der Waals surface area contributed by atoms with Crippen molar-refractivity contribution in [2.75, 3.05) is 0 Å². The summed E-state index contributed by atoms with van der Waals surface area (Å²) in [4.78, 5) is 2.68. The number of hydrogen-bond donors (Lipinski definition) is 0. The summed E-state index contributed by atoms with van der Waals surface area (Å²) in [5.41, 5.74) is 24.7. The summed E-state index contributed by atoms with van der Waals surface area (Å²) in [6.07, 6.45) is 2.37. The van der Waals surface area contributed by atoms with Crippen molar-refractivity contribution >= 4 is 23.0 Å². The molecule has 1 spiro atoms. The van der Waals surface area contributed by atoms with Gasteiger partial charge >= 0.3 is 0 Å². The Hall–Kier alpha value is -8.36. The van der Waals surface area contributed by atoms with E-state index in [1.807, 2.05) is 11.3 Å². The van der Waals surface area contributed by atoms with Gasteiger partial charge in [-0.05, 0) is 118 Å². The van der Waals surface area contributed by atoms with E-state index < -0.39 is 5.41 Å². The lowest BCUT2D eigenvalue weighted by molar-refractivity contribution is 0.797. The van der Waals surface area contributed by atoms with Crippen molar-refractivity contribution in [1.29, 1.82) is 0 Å². The zero-order chi connectivity index (χ0) is 45.0. The Labute approximate surface area is 402 Å². The lowest BCUT2D eigenvalue weighted by Gasteiger charge is -2.31. The van der Waals surface area contributed by atoms with Crippen LogP contribution < -0.4 is 0 Å². The number of benzene rings is 10. The van der Waals surface area contributed by atoms with Gasteiger partial charge in [0.05, 0.1) is 5.41 Å². The maximum Gasteiger partial charge on any atom is 0.0740 e. The van der Waals surface area contributed by atoms with Gasteiger partial charge in [-0.15, -0.1) is 11.3 Å². The lowest BCUT2D eigenvalue weighted by atomic mass is 9.69. The van der Waals surface area contributed by atoms with Crippen LogP contribution in [0.3, 0.4) is 0 Å². The third-order valence-corrected chi connectivity index (χ3v) is 15.4. The van der Waals surface area contributed by atoms with Gasteiger partial charge in [-0.2, -0.15) is 0 Å². The molecule has 1 heteroatoms. The first-order valence-corrected chi connectivity index (χ1v) is 24.3. The summed E-state index contributed by atoms with van der Waals surface area (Å²) >= 11 is 1.95. The first-order valence-electron chi connectivity index (χ1n) is 23.5. The van der Waals surface area contributed by atoms with Crippen molar-refractivity contribution in [2.24, 2.45) is 0 Å². The molecular formula is C67H44S. The summed E-state index contributed by atoms with van der Waals surface area (Å²) in [5.74, 6) is 0. The summed E-state index contributed by atoms with van der Waals surface area (Å²) in [6.45, 7) is 0. The van der Waals surface area contributed by atoms with Crippen LogP contribution in [0.5, 0.6) is 0 Å². The maximum atomic E-state index is 2.48. The Bertz CT molecular complexity index is 3660. The second-order valence-electron chi connectivity index (χ2n) is 17.9. The van der Waals surface area contributed by atoms with Gasteiger partial charge in [-0.3, -0.25) is 0 Å². The van der Waals surface area contributed by atoms with Crippen molar-refractivity contribution in [3.05, 3.63) is 300 Å². The molecule has 10 aromatic carbocycles. The molecular weight excluding hydrogens is 837 g/mol. The summed E-state index contributed by atoms with van der Waals surface area (Å²) in [7, 11) is 0. The van der Waals surface area contributed by atoms with Gasteiger partial charge in [-0.25, -0.2) is 0 Å². The van der Waals surface area contributed by atoms with Crippen molar-refractivity contribution in [3.8, 4) is 76.5 Å². The minimum absolute atomic E-state index is 0.499. The lowest BCUT2D eigenvalue weighted by Crippen LogP contribution is -2.26. The van der Waals surface area contributed by atoms with Gasteiger partial charge in [0.25, 0.3) is 0 Å². The minimum Gasteiger partial charge on any atom is -0.134 e. The zero-order valence-electron chi connectivity index (χ0n) is 37.3. The predicted molar refractivity (Wildman–Crippen MR) is 288 cm³/mol. The molecule has 13 rings (SSSR count). The van der Waals surface area contributed by atoms with Crippen LogP contribution in [-0.2, 0) is 5.41 Å². The fourth-order valence-electron chi connectivity index (χ4n) is 11.0. The molecule has 0 amide bonds. The Kier molecular flexibility index (Phi) is 9.70. The Balaban J connectivity index is 0.981. The highest BCUT2D eigenvalue weighted by Gasteiger charge is 2.54. The molecule has 1 heterocycles. The molecule has 1 atom stereocenters. The highest BCUT2D eigenvalue weighted by Crippen LogP contribution is 2.68. The van der Waals surface area contributed by atoms with Crippen molar-refractivity contribution in [2.45, 2.75) is 5.41 Å². The fraction of sp³-hybridized carbons (Fsp3) is 0.0149. The van der Waals surface area contributed by atoms with Crippen LogP contribution in [0, 0.1) is 0 Å². The summed E-state index contributed by atoms with van der Waals surface area (Å²) in [5, 5.41) is 0. The molecule has 0 saturated carbocycles. The normalized spacial score (nSPS) is 14.3. The van der Waals surface area contributed by atoms with Crippen LogP contribution in [0.15, 0.2) is 261 Å². The van der Waals surface area contributed by atoms with Gasteiger partial charge in [0.1, 0.15) is 0 Å². The van der Waals surface area contributed by atoms with Crippen LogP contribution in [0.1, 0.15) is 38.9 Å². The van der Waals surface area contributed by atoms with E-state index in [2.05, 4.69) is 267 Å². The van der Waals surface area contributed by atoms with Crippen molar-refractivity contribution in [3.63, 3.8) is 0 Å². The highest BCUT2D eigenvalue weighted by molar-refractivity contribution is 7.20.